The van der Waals surface area contributed by atoms with E-state index in [-0.39, 0.29) is 5.88 Å². The van der Waals surface area contributed by atoms with Crippen LogP contribution in [0, 0.1) is 5.95 Å². The van der Waals surface area contributed by atoms with Crippen LogP contribution in [-0.4, -0.2) is 25.0 Å². The van der Waals surface area contributed by atoms with Gasteiger partial charge in [-0.2, -0.15) is 4.39 Å². The molecule has 0 bridgehead atoms. The summed E-state index contributed by atoms with van der Waals surface area (Å²) in [6.45, 7) is 0. The van der Waals surface area contributed by atoms with Gasteiger partial charge in [0.2, 0.25) is 5.88 Å². The molecule has 0 fully saturated rings. The molecule has 0 aliphatic heterocycles. The molecule has 0 aromatic carbocycles. The highest BCUT2D eigenvalue weighted by Crippen LogP contribution is 2.30. The van der Waals surface area contributed by atoms with E-state index in [1.807, 2.05) is 4.98 Å². The van der Waals surface area contributed by atoms with Crippen molar-refractivity contribution in [2.75, 3.05) is 0 Å². The van der Waals surface area contributed by atoms with E-state index >= 15 is 0 Å². The quantitative estimate of drug-likeness (QED) is 0.400. The maximum atomic E-state index is 13.3. The van der Waals surface area contributed by atoms with E-state index in [1.54, 1.807) is 12.1 Å². The van der Waals surface area contributed by atoms with Crippen LogP contribution >= 0.6 is 0 Å². The molecule has 7 nitrogen and oxygen atoms in total. The molecule has 0 saturated heterocycles. The lowest BCUT2D eigenvalue weighted by molar-refractivity contribution is 0.459. The van der Waals surface area contributed by atoms with Crippen LogP contribution in [0.3, 0.4) is 0 Å². The number of pyridine rings is 3. The number of aromatic nitrogens is 4. The van der Waals surface area contributed by atoms with Crippen LogP contribution in [0.2, 0.25) is 0 Å². The molecular weight excluding hydrogens is 303 g/mol. The highest BCUT2D eigenvalue weighted by atomic mass is 19.1. The largest absolute Gasteiger partial charge is 0.494 e. The third kappa shape index (κ3) is 2.08. The maximum absolute atomic E-state index is 13.3. The Kier molecular flexibility index (Phi) is 2.61. The molecule has 0 radical (unpaired) electrons. The Labute approximate surface area is 126 Å². The number of aromatic amines is 3. The summed E-state index contributed by atoms with van der Waals surface area (Å²) in [4.78, 5) is 34.4. The Hall–Kier alpha value is -3.42. The standard InChI is InChI=1S/C15H9FN4O3/c16-10-3-6(4-11(21)19-10)8-2-1-7-13-9(18-14(7)17-8)5-12(22)20-15(13)23/h1-5H,(H,17,18)(H,19,21)(H2,20,22,23). The second-order valence-corrected chi connectivity index (χ2v) is 5.07. The number of aromatic hydroxyl groups is 1. The van der Waals surface area contributed by atoms with Gasteiger partial charge >= 0.3 is 0 Å². The number of nitrogens with zero attached hydrogens (tertiary/aromatic N) is 1. The number of hydrogen-bond acceptors (Lipinski definition) is 4. The van der Waals surface area contributed by atoms with Crippen molar-refractivity contribution in [2.24, 2.45) is 0 Å². The van der Waals surface area contributed by atoms with Gasteiger partial charge in [0.25, 0.3) is 11.1 Å². The van der Waals surface area contributed by atoms with Gasteiger partial charge in [-0.15, -0.1) is 0 Å². The number of halogens is 1. The van der Waals surface area contributed by atoms with E-state index in [9.17, 15) is 19.1 Å². The van der Waals surface area contributed by atoms with E-state index in [0.717, 1.165) is 0 Å². The Morgan fingerprint density at radius 2 is 1.78 bits per heavy atom. The SMILES string of the molecule is O=c1cc(-c2ccc3c(n2)[nH]c2cc(=O)[nH]c(O)c23)cc(F)[nH]1. The Bertz CT molecular complexity index is 1190. The van der Waals surface area contributed by atoms with Crippen molar-refractivity contribution >= 4 is 21.9 Å². The average molecular weight is 312 g/mol. The van der Waals surface area contributed by atoms with Gasteiger partial charge in [0, 0.05) is 29.1 Å². The van der Waals surface area contributed by atoms with Crippen molar-refractivity contribution in [3.05, 3.63) is 57.0 Å². The van der Waals surface area contributed by atoms with Crippen molar-refractivity contribution in [2.45, 2.75) is 0 Å². The van der Waals surface area contributed by atoms with Crippen LogP contribution in [0.1, 0.15) is 0 Å². The second-order valence-electron chi connectivity index (χ2n) is 5.07. The van der Waals surface area contributed by atoms with E-state index in [1.165, 1.54) is 18.2 Å². The number of nitrogens with one attached hydrogen (secondary N) is 3. The molecule has 4 heterocycles. The zero-order chi connectivity index (χ0) is 16.1. The van der Waals surface area contributed by atoms with Crippen LogP contribution in [-0.2, 0) is 0 Å². The first kappa shape index (κ1) is 13.3. The number of H-pyrrole nitrogens is 3. The molecular formula is C15H9FN4O3. The van der Waals surface area contributed by atoms with E-state index in [0.29, 0.717) is 33.2 Å². The minimum Gasteiger partial charge on any atom is -0.494 e. The van der Waals surface area contributed by atoms with Gasteiger partial charge in [-0.3, -0.25) is 19.6 Å². The molecule has 4 aromatic rings. The van der Waals surface area contributed by atoms with Crippen LogP contribution in [0.4, 0.5) is 4.39 Å². The zero-order valence-electron chi connectivity index (χ0n) is 11.5. The van der Waals surface area contributed by atoms with E-state index in [4.69, 9.17) is 0 Å². The van der Waals surface area contributed by atoms with Crippen LogP contribution in [0.15, 0.2) is 39.9 Å². The van der Waals surface area contributed by atoms with Crippen LogP contribution in [0.25, 0.3) is 33.2 Å². The van der Waals surface area contributed by atoms with Gasteiger partial charge in [0.05, 0.1) is 16.6 Å². The molecule has 0 spiro atoms. The molecule has 0 saturated carbocycles. The predicted octanol–water partition coefficient (Wildman–Crippen LogP) is 1.60. The fourth-order valence-electron chi connectivity index (χ4n) is 2.62. The lowest BCUT2D eigenvalue weighted by Crippen LogP contribution is -2.06. The minimum atomic E-state index is -0.755. The number of hydrogen-bond donors (Lipinski definition) is 4. The molecule has 4 aromatic heterocycles. The molecule has 114 valence electrons. The first-order valence-electron chi connectivity index (χ1n) is 6.66. The summed E-state index contributed by atoms with van der Waals surface area (Å²) in [7, 11) is 0. The van der Waals surface area contributed by atoms with Crippen molar-refractivity contribution in [1.29, 1.82) is 0 Å². The molecule has 0 amide bonds. The summed E-state index contributed by atoms with van der Waals surface area (Å²) in [5, 5.41) is 10.9. The molecule has 23 heavy (non-hydrogen) atoms. The summed E-state index contributed by atoms with van der Waals surface area (Å²) in [5.74, 6) is -1.01. The highest BCUT2D eigenvalue weighted by Gasteiger charge is 2.12. The van der Waals surface area contributed by atoms with Crippen molar-refractivity contribution in [3.63, 3.8) is 0 Å². The second kappa shape index (κ2) is 4.54. The third-order valence-corrected chi connectivity index (χ3v) is 3.55. The van der Waals surface area contributed by atoms with Gasteiger partial charge in [-0.25, -0.2) is 4.98 Å². The van der Waals surface area contributed by atoms with Crippen molar-refractivity contribution in [1.82, 2.24) is 19.9 Å². The molecule has 8 heteroatoms. The van der Waals surface area contributed by atoms with Crippen LogP contribution in [0.5, 0.6) is 5.88 Å². The zero-order valence-corrected chi connectivity index (χ0v) is 11.5. The van der Waals surface area contributed by atoms with Crippen molar-refractivity contribution < 1.29 is 9.50 Å². The Balaban J connectivity index is 2.01. The van der Waals surface area contributed by atoms with Crippen molar-refractivity contribution in [3.8, 4) is 17.1 Å². The van der Waals surface area contributed by atoms with Gasteiger partial charge in [0.15, 0.2) is 5.95 Å². The Morgan fingerprint density at radius 1 is 1.00 bits per heavy atom. The van der Waals surface area contributed by atoms with Crippen LogP contribution < -0.4 is 11.1 Å². The molecule has 0 aliphatic rings. The first-order chi connectivity index (χ1) is 11.0. The van der Waals surface area contributed by atoms with E-state index < -0.39 is 17.1 Å². The monoisotopic (exact) mass is 312 g/mol. The lowest BCUT2D eigenvalue weighted by atomic mass is 10.1. The predicted molar refractivity (Wildman–Crippen MR) is 81.9 cm³/mol. The number of fused-ring (bicyclic) bond motifs is 3. The van der Waals surface area contributed by atoms with Gasteiger partial charge in [0.1, 0.15) is 5.65 Å². The molecule has 0 atom stereocenters. The van der Waals surface area contributed by atoms with Gasteiger partial charge in [-0.1, -0.05) is 0 Å². The lowest BCUT2D eigenvalue weighted by Gasteiger charge is -2.01. The molecule has 0 unspecified atom stereocenters. The normalized spacial score (nSPS) is 11.3. The highest BCUT2D eigenvalue weighted by molar-refractivity contribution is 6.08. The number of rotatable bonds is 1. The summed E-state index contributed by atoms with van der Waals surface area (Å²) in [5.41, 5.74) is 0.544. The van der Waals surface area contributed by atoms with Gasteiger partial charge in [-0.05, 0) is 12.1 Å². The fourth-order valence-corrected chi connectivity index (χ4v) is 2.62. The fraction of sp³-hybridized carbons (Fsp3) is 0. The summed E-state index contributed by atoms with van der Waals surface area (Å²) in [6.07, 6.45) is 0. The molecule has 4 N–H and O–H groups in total. The first-order valence-corrected chi connectivity index (χ1v) is 6.66. The topological polar surface area (TPSA) is 115 Å². The molecule has 4 rings (SSSR count). The summed E-state index contributed by atoms with van der Waals surface area (Å²) < 4.78 is 13.3. The average Bonchev–Trinajstić information content (AvgIpc) is 2.83. The van der Waals surface area contributed by atoms with Gasteiger partial charge < -0.3 is 10.1 Å². The molecule has 0 aliphatic carbocycles. The maximum Gasteiger partial charge on any atom is 0.252 e. The summed E-state index contributed by atoms with van der Waals surface area (Å²) in [6, 6.07) is 6.99. The summed E-state index contributed by atoms with van der Waals surface area (Å²) >= 11 is 0. The third-order valence-electron chi connectivity index (χ3n) is 3.55. The van der Waals surface area contributed by atoms with E-state index in [2.05, 4.69) is 15.0 Å². The Morgan fingerprint density at radius 3 is 2.57 bits per heavy atom. The minimum absolute atomic E-state index is 0.254. The smallest absolute Gasteiger partial charge is 0.252 e.